The summed E-state index contributed by atoms with van der Waals surface area (Å²) in [5.74, 6) is -0.0287. The van der Waals surface area contributed by atoms with Crippen LogP contribution in [0.4, 0.5) is 0 Å². The number of rotatable bonds is 5. The lowest BCUT2D eigenvalue weighted by Crippen LogP contribution is -2.50. The van der Waals surface area contributed by atoms with Gasteiger partial charge < -0.3 is 10.1 Å². The lowest BCUT2D eigenvalue weighted by atomic mass is 10.1. The molecule has 136 valence electrons. The Morgan fingerprint density at radius 3 is 2.42 bits per heavy atom. The number of hydrazine groups is 1. The summed E-state index contributed by atoms with van der Waals surface area (Å²) < 4.78 is 5.49. The predicted molar refractivity (Wildman–Crippen MR) is 104 cm³/mol. The second-order valence-electron chi connectivity index (χ2n) is 5.70. The second-order valence-corrected chi connectivity index (χ2v) is 6.11. The average Bonchev–Trinajstić information content (AvgIpc) is 2.62. The number of ether oxygens (including phenoxy) is 1. The Hall–Kier alpha value is -2.93. The molecule has 6 nitrogen and oxygen atoms in total. The van der Waals surface area contributed by atoms with E-state index in [0.29, 0.717) is 5.75 Å². The molecule has 0 bridgehead atoms. The maximum absolute atomic E-state index is 11.9. The molecule has 0 saturated carbocycles. The van der Waals surface area contributed by atoms with Gasteiger partial charge in [0.25, 0.3) is 5.91 Å². The standard InChI is InChI=1S/C19H21N3O3S/c1-13-7-6-10-16(14(13)2)25-12-18(24)21-22-19(26)20-17(23)11-15-8-4-3-5-9-15/h3-10H,11-12H2,1-2H3,(H,21,24)(H2,20,22,23,26). The molecule has 0 aliphatic carbocycles. The highest BCUT2D eigenvalue weighted by atomic mass is 32.1. The van der Waals surface area contributed by atoms with Crippen molar-refractivity contribution in [2.24, 2.45) is 0 Å². The molecule has 0 unspecified atom stereocenters. The van der Waals surface area contributed by atoms with Crippen LogP contribution in [0.1, 0.15) is 16.7 Å². The van der Waals surface area contributed by atoms with E-state index in [1.54, 1.807) is 6.07 Å². The van der Waals surface area contributed by atoms with Gasteiger partial charge in [-0.25, -0.2) is 0 Å². The van der Waals surface area contributed by atoms with Crippen molar-refractivity contribution in [2.45, 2.75) is 20.3 Å². The van der Waals surface area contributed by atoms with Gasteiger partial charge in [-0.1, -0.05) is 42.5 Å². The fraction of sp³-hybridized carbons (Fsp3) is 0.211. The van der Waals surface area contributed by atoms with E-state index in [9.17, 15) is 9.59 Å². The molecule has 0 radical (unpaired) electrons. The second kappa shape index (κ2) is 9.53. The zero-order valence-electron chi connectivity index (χ0n) is 14.7. The molecule has 0 spiro atoms. The highest BCUT2D eigenvalue weighted by molar-refractivity contribution is 7.80. The summed E-state index contributed by atoms with van der Waals surface area (Å²) in [7, 11) is 0. The van der Waals surface area contributed by atoms with E-state index in [2.05, 4.69) is 16.2 Å². The lowest BCUT2D eigenvalue weighted by Gasteiger charge is -2.13. The van der Waals surface area contributed by atoms with Gasteiger partial charge in [0.2, 0.25) is 5.91 Å². The topological polar surface area (TPSA) is 79.5 Å². The van der Waals surface area contributed by atoms with Gasteiger partial charge in [0.05, 0.1) is 6.42 Å². The first-order chi connectivity index (χ1) is 12.5. The smallest absolute Gasteiger partial charge is 0.276 e. The van der Waals surface area contributed by atoms with Crippen molar-refractivity contribution in [3.63, 3.8) is 0 Å². The third-order valence-electron chi connectivity index (χ3n) is 3.69. The molecule has 3 N–H and O–H groups in total. The van der Waals surface area contributed by atoms with Crippen molar-refractivity contribution in [3.05, 3.63) is 65.2 Å². The first-order valence-electron chi connectivity index (χ1n) is 8.07. The van der Waals surface area contributed by atoms with Crippen LogP contribution in [-0.4, -0.2) is 23.5 Å². The van der Waals surface area contributed by atoms with Crippen LogP contribution in [0.3, 0.4) is 0 Å². The Balaban J connectivity index is 1.70. The molecule has 0 atom stereocenters. The first-order valence-corrected chi connectivity index (χ1v) is 8.48. The van der Waals surface area contributed by atoms with Gasteiger partial charge in [-0.2, -0.15) is 0 Å². The fourth-order valence-electron chi connectivity index (χ4n) is 2.17. The molecule has 0 aliphatic rings. The Kier molecular flexibility index (Phi) is 7.11. The summed E-state index contributed by atoms with van der Waals surface area (Å²) in [6, 6.07) is 14.9. The van der Waals surface area contributed by atoms with E-state index in [-0.39, 0.29) is 24.0 Å². The van der Waals surface area contributed by atoms with Crippen molar-refractivity contribution < 1.29 is 14.3 Å². The molecule has 2 rings (SSSR count). The maximum Gasteiger partial charge on any atom is 0.276 e. The van der Waals surface area contributed by atoms with Crippen molar-refractivity contribution in [1.29, 1.82) is 0 Å². The van der Waals surface area contributed by atoms with Crippen LogP contribution < -0.4 is 20.9 Å². The summed E-state index contributed by atoms with van der Waals surface area (Å²) in [5, 5.41) is 2.52. The monoisotopic (exact) mass is 371 g/mol. The lowest BCUT2D eigenvalue weighted by molar-refractivity contribution is -0.124. The molecular formula is C19H21N3O3S. The van der Waals surface area contributed by atoms with E-state index in [1.165, 1.54) is 0 Å². The van der Waals surface area contributed by atoms with Gasteiger partial charge in [0.1, 0.15) is 5.75 Å². The molecule has 2 amide bonds. The van der Waals surface area contributed by atoms with Crippen molar-refractivity contribution in [1.82, 2.24) is 16.2 Å². The molecule has 2 aromatic carbocycles. The molecule has 2 aromatic rings. The van der Waals surface area contributed by atoms with Crippen LogP contribution in [0.15, 0.2) is 48.5 Å². The number of thiocarbonyl (C=S) groups is 1. The summed E-state index contributed by atoms with van der Waals surface area (Å²) in [5.41, 5.74) is 7.81. The number of aryl methyl sites for hydroxylation is 1. The van der Waals surface area contributed by atoms with Crippen LogP contribution in [-0.2, 0) is 16.0 Å². The maximum atomic E-state index is 11.9. The molecule has 7 heteroatoms. The molecule has 0 aromatic heterocycles. The Bertz CT molecular complexity index is 794. The van der Waals surface area contributed by atoms with Gasteiger partial charge in [-0.3, -0.25) is 20.4 Å². The first kappa shape index (κ1) is 19.4. The molecule has 26 heavy (non-hydrogen) atoms. The fourth-order valence-corrected chi connectivity index (χ4v) is 2.33. The van der Waals surface area contributed by atoms with Crippen molar-refractivity contribution in [2.75, 3.05) is 6.61 Å². The minimum atomic E-state index is -0.412. The normalized spacial score (nSPS) is 9.92. The number of amides is 2. The third kappa shape index (κ3) is 6.18. The number of hydrogen-bond acceptors (Lipinski definition) is 4. The third-order valence-corrected chi connectivity index (χ3v) is 3.89. The van der Waals surface area contributed by atoms with Crippen LogP contribution in [0.5, 0.6) is 5.75 Å². The van der Waals surface area contributed by atoms with Gasteiger partial charge in [0.15, 0.2) is 11.7 Å². The largest absolute Gasteiger partial charge is 0.483 e. The molecule has 0 aliphatic heterocycles. The zero-order chi connectivity index (χ0) is 18.9. The predicted octanol–water partition coefficient (Wildman–Crippen LogP) is 1.95. The zero-order valence-corrected chi connectivity index (χ0v) is 15.5. The number of benzene rings is 2. The number of carbonyl (C=O) groups is 2. The highest BCUT2D eigenvalue weighted by Gasteiger charge is 2.08. The Morgan fingerprint density at radius 2 is 1.69 bits per heavy atom. The van der Waals surface area contributed by atoms with E-state index >= 15 is 0 Å². The van der Waals surface area contributed by atoms with E-state index in [4.69, 9.17) is 17.0 Å². The average molecular weight is 371 g/mol. The quantitative estimate of drug-likeness (QED) is 0.553. The number of carbonyl (C=O) groups excluding carboxylic acids is 2. The molecule has 0 saturated heterocycles. The van der Waals surface area contributed by atoms with Gasteiger partial charge >= 0.3 is 0 Å². The van der Waals surface area contributed by atoms with Gasteiger partial charge in [0, 0.05) is 0 Å². The van der Waals surface area contributed by atoms with Crippen LogP contribution >= 0.6 is 12.2 Å². The Labute approximate surface area is 157 Å². The number of hydrogen-bond donors (Lipinski definition) is 3. The molecular weight excluding hydrogens is 350 g/mol. The van der Waals surface area contributed by atoms with Crippen LogP contribution in [0.2, 0.25) is 0 Å². The highest BCUT2D eigenvalue weighted by Crippen LogP contribution is 2.20. The molecule has 0 heterocycles. The minimum absolute atomic E-state index is 0.0195. The summed E-state index contributed by atoms with van der Waals surface area (Å²) in [6.07, 6.45) is 0.201. The van der Waals surface area contributed by atoms with Crippen LogP contribution in [0.25, 0.3) is 0 Å². The summed E-state index contributed by atoms with van der Waals surface area (Å²) in [4.78, 5) is 23.7. The molecule has 0 fully saturated rings. The van der Waals surface area contributed by atoms with E-state index in [0.717, 1.165) is 16.7 Å². The minimum Gasteiger partial charge on any atom is -0.483 e. The summed E-state index contributed by atoms with van der Waals surface area (Å²) >= 11 is 4.98. The van der Waals surface area contributed by atoms with E-state index in [1.807, 2.05) is 56.3 Å². The Morgan fingerprint density at radius 1 is 0.962 bits per heavy atom. The summed E-state index contributed by atoms with van der Waals surface area (Å²) in [6.45, 7) is 3.73. The van der Waals surface area contributed by atoms with E-state index < -0.39 is 5.91 Å². The van der Waals surface area contributed by atoms with Gasteiger partial charge in [-0.15, -0.1) is 0 Å². The number of nitrogens with one attached hydrogen (secondary N) is 3. The van der Waals surface area contributed by atoms with Crippen molar-refractivity contribution in [3.8, 4) is 5.75 Å². The van der Waals surface area contributed by atoms with Gasteiger partial charge in [-0.05, 0) is 48.8 Å². The van der Waals surface area contributed by atoms with Crippen molar-refractivity contribution >= 4 is 29.1 Å². The SMILES string of the molecule is Cc1cccc(OCC(=O)NNC(=S)NC(=O)Cc2ccccc2)c1C. The van der Waals surface area contributed by atoms with Crippen LogP contribution in [0, 0.1) is 13.8 Å².